The van der Waals surface area contributed by atoms with Gasteiger partial charge in [-0.05, 0) is 24.3 Å². The fourth-order valence-corrected chi connectivity index (χ4v) is 4.88. The van der Waals surface area contributed by atoms with Gasteiger partial charge < -0.3 is 4.74 Å². The smallest absolute Gasteiger partial charge is 0.348 e. The molecular weight excluding hydrogens is 398 g/mol. The molecule has 0 saturated carbocycles. The molecule has 10 heteroatoms. The predicted octanol–water partition coefficient (Wildman–Crippen LogP) is 3.04. The van der Waals surface area contributed by atoms with E-state index in [0.29, 0.717) is 15.8 Å². The molecule has 0 aliphatic rings. The van der Waals surface area contributed by atoms with Crippen LogP contribution in [0, 0.1) is 10.1 Å². The number of carbonyl (C=O) groups excluding carboxylic acids is 1. The van der Waals surface area contributed by atoms with Gasteiger partial charge in [0.2, 0.25) is 9.84 Å². The summed E-state index contributed by atoms with van der Waals surface area (Å²) in [6, 6.07) is 6.73. The van der Waals surface area contributed by atoms with Crippen molar-refractivity contribution in [3.63, 3.8) is 0 Å². The fourth-order valence-electron chi connectivity index (χ4n) is 1.65. The highest BCUT2D eigenvalue weighted by atomic mass is 79.9. The number of ether oxygens (including phenoxy) is 1. The van der Waals surface area contributed by atoms with Crippen LogP contribution in [0.5, 0.6) is 0 Å². The number of hydrogen-bond acceptors (Lipinski definition) is 7. The lowest BCUT2D eigenvalue weighted by molar-refractivity contribution is -0.383. The second kappa shape index (κ2) is 6.15. The lowest BCUT2D eigenvalue weighted by Gasteiger charge is -2.02. The zero-order valence-corrected chi connectivity index (χ0v) is 14.2. The Labute approximate surface area is 137 Å². The van der Waals surface area contributed by atoms with Gasteiger partial charge in [0.05, 0.1) is 16.9 Å². The average Bonchev–Trinajstić information content (AvgIpc) is 2.92. The van der Waals surface area contributed by atoms with Gasteiger partial charge in [-0.15, -0.1) is 0 Å². The van der Waals surface area contributed by atoms with Crippen molar-refractivity contribution in [3.05, 3.63) is 49.8 Å². The van der Waals surface area contributed by atoms with E-state index in [-0.39, 0.29) is 9.77 Å². The van der Waals surface area contributed by atoms with Crippen molar-refractivity contribution in [3.8, 4) is 0 Å². The van der Waals surface area contributed by atoms with Gasteiger partial charge in [-0.1, -0.05) is 33.3 Å². The van der Waals surface area contributed by atoms with Crippen molar-refractivity contribution >= 4 is 48.1 Å². The number of nitrogens with zero attached hydrogens (tertiary/aromatic N) is 1. The van der Waals surface area contributed by atoms with Gasteiger partial charge in [0.25, 0.3) is 0 Å². The molecule has 0 spiro atoms. The molecule has 0 N–H and O–H groups in total. The van der Waals surface area contributed by atoms with Crippen LogP contribution in [-0.4, -0.2) is 26.4 Å². The standard InChI is InChI=1S/C12H8BrNO6S2/c1-20-12(15)9-6-10(11(21-9)14(16)17)22(18,19)8-4-2-3-7(13)5-8/h2-6H,1H3. The number of sulfone groups is 1. The zero-order valence-electron chi connectivity index (χ0n) is 11.0. The Kier molecular flexibility index (Phi) is 4.63. The number of esters is 1. The first-order valence-corrected chi connectivity index (χ1v) is 8.74. The summed E-state index contributed by atoms with van der Waals surface area (Å²) < 4.78 is 30.1. The van der Waals surface area contributed by atoms with Gasteiger partial charge in [-0.25, -0.2) is 13.2 Å². The third-order valence-electron chi connectivity index (χ3n) is 2.63. The number of hydrogen-bond donors (Lipinski definition) is 0. The Morgan fingerprint density at radius 1 is 1.36 bits per heavy atom. The minimum Gasteiger partial charge on any atom is -0.465 e. The second-order valence-electron chi connectivity index (χ2n) is 3.99. The largest absolute Gasteiger partial charge is 0.465 e. The summed E-state index contributed by atoms with van der Waals surface area (Å²) in [4.78, 5) is 20.9. The maximum atomic E-state index is 12.6. The molecule has 2 aromatic rings. The normalized spacial score (nSPS) is 11.2. The topological polar surface area (TPSA) is 104 Å². The molecule has 1 heterocycles. The highest BCUT2D eigenvalue weighted by Gasteiger charge is 2.33. The van der Waals surface area contributed by atoms with Crippen LogP contribution in [0.2, 0.25) is 0 Å². The molecule has 116 valence electrons. The Hall–Kier alpha value is -1.78. The highest BCUT2D eigenvalue weighted by Crippen LogP contribution is 2.37. The first kappa shape index (κ1) is 16.6. The number of carbonyl (C=O) groups is 1. The Balaban J connectivity index is 2.67. The van der Waals surface area contributed by atoms with E-state index in [4.69, 9.17) is 0 Å². The monoisotopic (exact) mass is 405 g/mol. The van der Waals surface area contributed by atoms with E-state index in [2.05, 4.69) is 20.7 Å². The lowest BCUT2D eigenvalue weighted by Crippen LogP contribution is -2.03. The number of methoxy groups -OCH3 is 1. The van der Waals surface area contributed by atoms with E-state index in [1.165, 1.54) is 18.2 Å². The number of nitro groups is 1. The molecule has 0 amide bonds. The molecule has 0 aliphatic heterocycles. The molecule has 2 rings (SSSR count). The summed E-state index contributed by atoms with van der Waals surface area (Å²) in [5.74, 6) is -0.830. The first-order chi connectivity index (χ1) is 10.3. The van der Waals surface area contributed by atoms with Crippen molar-refractivity contribution in [1.29, 1.82) is 0 Å². The van der Waals surface area contributed by atoms with Gasteiger partial charge in [-0.2, -0.15) is 0 Å². The number of thiophene rings is 1. The van der Waals surface area contributed by atoms with Gasteiger partial charge in [0, 0.05) is 4.47 Å². The van der Waals surface area contributed by atoms with E-state index >= 15 is 0 Å². The van der Waals surface area contributed by atoms with Crippen LogP contribution in [0.25, 0.3) is 0 Å². The fraction of sp³-hybridized carbons (Fsp3) is 0.0833. The molecule has 0 fully saturated rings. The molecule has 1 aromatic carbocycles. The number of benzene rings is 1. The van der Waals surface area contributed by atoms with Crippen molar-refractivity contribution in [1.82, 2.24) is 0 Å². The molecule has 0 unspecified atom stereocenters. The Morgan fingerprint density at radius 3 is 2.59 bits per heavy atom. The van der Waals surface area contributed by atoms with E-state index in [1.807, 2.05) is 0 Å². The minimum atomic E-state index is -4.13. The van der Waals surface area contributed by atoms with Crippen LogP contribution < -0.4 is 0 Å². The summed E-state index contributed by atoms with van der Waals surface area (Å²) in [5.41, 5.74) is 0. The van der Waals surface area contributed by atoms with Gasteiger partial charge in [0.15, 0.2) is 4.90 Å². The van der Waals surface area contributed by atoms with Crippen LogP contribution >= 0.6 is 27.3 Å². The molecular formula is C12H8BrNO6S2. The summed E-state index contributed by atoms with van der Waals surface area (Å²) in [7, 11) is -3.02. The van der Waals surface area contributed by atoms with Crippen molar-refractivity contribution in [2.45, 2.75) is 9.79 Å². The summed E-state index contributed by atoms with van der Waals surface area (Å²) in [6.07, 6.45) is 0. The number of rotatable bonds is 4. The molecule has 0 radical (unpaired) electrons. The SMILES string of the molecule is COC(=O)c1cc(S(=O)(=O)c2cccc(Br)c2)c([N+](=O)[O-])s1. The molecule has 0 atom stereocenters. The van der Waals surface area contributed by atoms with Crippen molar-refractivity contribution in [2.24, 2.45) is 0 Å². The average molecular weight is 406 g/mol. The van der Waals surface area contributed by atoms with Crippen molar-refractivity contribution in [2.75, 3.05) is 7.11 Å². The van der Waals surface area contributed by atoms with Gasteiger partial charge in [0.1, 0.15) is 4.88 Å². The van der Waals surface area contributed by atoms with E-state index in [9.17, 15) is 23.3 Å². The third-order valence-corrected chi connectivity index (χ3v) is 6.08. The maximum Gasteiger partial charge on any atom is 0.348 e. The minimum absolute atomic E-state index is 0.112. The highest BCUT2D eigenvalue weighted by molar-refractivity contribution is 9.10. The van der Waals surface area contributed by atoms with Crippen LogP contribution in [0.3, 0.4) is 0 Å². The lowest BCUT2D eigenvalue weighted by atomic mass is 10.4. The van der Waals surface area contributed by atoms with Crippen LogP contribution in [-0.2, 0) is 14.6 Å². The molecule has 1 aromatic heterocycles. The third kappa shape index (κ3) is 3.03. The maximum absolute atomic E-state index is 12.6. The zero-order chi connectivity index (χ0) is 16.5. The predicted molar refractivity (Wildman–Crippen MR) is 81.9 cm³/mol. The van der Waals surface area contributed by atoms with Gasteiger partial charge >= 0.3 is 11.0 Å². The van der Waals surface area contributed by atoms with Gasteiger partial charge in [-0.3, -0.25) is 10.1 Å². The molecule has 0 aliphatic carbocycles. The molecule has 0 bridgehead atoms. The van der Waals surface area contributed by atoms with Crippen molar-refractivity contribution < 1.29 is 22.9 Å². The van der Waals surface area contributed by atoms with E-state index in [0.717, 1.165) is 13.2 Å². The Bertz CT molecular complexity index is 858. The van der Waals surface area contributed by atoms with E-state index < -0.39 is 30.6 Å². The molecule has 22 heavy (non-hydrogen) atoms. The second-order valence-corrected chi connectivity index (χ2v) is 7.85. The van der Waals surface area contributed by atoms with E-state index in [1.54, 1.807) is 6.07 Å². The summed E-state index contributed by atoms with van der Waals surface area (Å²) in [5, 5.41) is 10.5. The first-order valence-electron chi connectivity index (χ1n) is 5.64. The quantitative estimate of drug-likeness (QED) is 0.439. The Morgan fingerprint density at radius 2 is 2.05 bits per heavy atom. The molecule has 7 nitrogen and oxygen atoms in total. The van der Waals surface area contributed by atoms with Crippen LogP contribution in [0.4, 0.5) is 5.00 Å². The van der Waals surface area contributed by atoms with Crippen LogP contribution in [0.15, 0.2) is 44.6 Å². The van der Waals surface area contributed by atoms with Crippen LogP contribution in [0.1, 0.15) is 9.67 Å². The molecule has 0 saturated heterocycles. The number of halogens is 1. The summed E-state index contributed by atoms with van der Waals surface area (Å²) in [6.45, 7) is 0. The summed E-state index contributed by atoms with van der Waals surface area (Å²) >= 11 is 3.61.